The van der Waals surface area contributed by atoms with Gasteiger partial charge in [0.2, 0.25) is 0 Å². The second kappa shape index (κ2) is 34.1. The number of rotatable bonds is 11. The molecular formula is C138H90N8O3S. The Kier molecular flexibility index (Phi) is 19.6. The van der Waals surface area contributed by atoms with Crippen molar-refractivity contribution in [3.8, 4) is 95.2 Å². The summed E-state index contributed by atoms with van der Waals surface area (Å²) in [6.07, 6.45) is 1.87. The Morgan fingerprint density at radius 1 is 0.180 bits per heavy atom. The van der Waals surface area contributed by atoms with Crippen molar-refractivity contribution in [3.05, 3.63) is 490 Å². The average Bonchev–Trinajstić information content (AvgIpc) is 1.46. The van der Waals surface area contributed by atoms with Crippen LogP contribution in [0.4, 0.5) is 0 Å². The molecule has 0 saturated carbocycles. The van der Waals surface area contributed by atoms with Gasteiger partial charge in [0, 0.05) is 122 Å². The Balaban J connectivity index is 0.000000103. The van der Waals surface area contributed by atoms with Gasteiger partial charge >= 0.3 is 0 Å². The van der Waals surface area contributed by atoms with Crippen molar-refractivity contribution in [2.45, 2.75) is 20.8 Å². The van der Waals surface area contributed by atoms with E-state index in [-0.39, 0.29) is 0 Å². The molecule has 32 aromatic rings. The SMILES string of the molecule is Cc1ccc2c(c1)c1cc(-c3ccc4c(c3)ncn4C)ccc1n2-c1ccc2oc3ccc(-n4c5ccccc5c5ccccc54)cc3c2c1.Cc1ccc2c(c1)c1cc(-c3ccc4scnc4c3)ccc1n2-c1ccc2oc3ccc(-n4c5ccccc5c5ccccc54)cc3c2c1.Cc1ccc2c(c1)c1cc(-c3ccccc3)ccc1n2-c1ccc2oc3ccc(-c4cccc(-c5cccc(-c6ccccc6)c5)c4)cc3c2c1. The van der Waals surface area contributed by atoms with E-state index in [2.05, 4.69) is 519 Å². The van der Waals surface area contributed by atoms with Gasteiger partial charge in [0.1, 0.15) is 33.5 Å². The minimum atomic E-state index is 0.881. The third kappa shape index (κ3) is 14.1. The Labute approximate surface area is 864 Å². The molecule has 0 bridgehead atoms. The molecule has 0 radical (unpaired) electrons. The van der Waals surface area contributed by atoms with Crippen LogP contribution < -0.4 is 0 Å². The molecule has 0 atom stereocenters. The number of hydrogen-bond donors (Lipinski definition) is 0. The maximum absolute atomic E-state index is 6.43. The first-order valence-electron chi connectivity index (χ1n) is 51.0. The monoisotopic (exact) mass is 1940 g/mol. The Morgan fingerprint density at radius 2 is 0.433 bits per heavy atom. The minimum absolute atomic E-state index is 0.881. The van der Waals surface area contributed by atoms with Crippen LogP contribution in [0, 0.1) is 20.8 Å². The number of aryl methyl sites for hydroxylation is 4. The van der Waals surface area contributed by atoms with E-state index in [4.69, 9.17) is 13.3 Å². The van der Waals surface area contributed by atoms with Gasteiger partial charge in [0.05, 0.1) is 88.3 Å². The highest BCUT2D eigenvalue weighted by Crippen LogP contribution is 2.47. The van der Waals surface area contributed by atoms with Gasteiger partial charge in [-0.2, -0.15) is 0 Å². The van der Waals surface area contributed by atoms with Crippen molar-refractivity contribution < 1.29 is 13.3 Å². The maximum Gasteiger partial charge on any atom is 0.135 e. The molecule has 0 aliphatic carbocycles. The fraction of sp³-hybridized carbons (Fsp3) is 0.0290. The third-order valence-corrected chi connectivity index (χ3v) is 31.7. The summed E-state index contributed by atoms with van der Waals surface area (Å²) in [5, 5.41) is 19.1. The number of thiazole rings is 1. The molecular weight excluding hydrogens is 1850 g/mol. The molecule has 0 fully saturated rings. The first-order chi connectivity index (χ1) is 73.9. The number of fused-ring (bicyclic) bond motifs is 26. The lowest BCUT2D eigenvalue weighted by molar-refractivity contribution is 0.668. The van der Waals surface area contributed by atoms with E-state index in [0.29, 0.717) is 0 Å². The fourth-order valence-corrected chi connectivity index (χ4v) is 24.4. The largest absolute Gasteiger partial charge is 0.456 e. The van der Waals surface area contributed by atoms with Crippen molar-refractivity contribution in [2.24, 2.45) is 7.05 Å². The lowest BCUT2D eigenvalue weighted by atomic mass is 9.96. The summed E-state index contributed by atoms with van der Waals surface area (Å²) in [6.45, 7) is 6.50. The molecule has 0 unspecified atom stereocenters. The molecule has 0 spiro atoms. The number of furan rings is 3. The molecule has 10 heterocycles. The minimum Gasteiger partial charge on any atom is -0.456 e. The van der Waals surface area contributed by atoms with Crippen molar-refractivity contribution in [1.82, 2.24) is 37.4 Å². The topological polar surface area (TPSA) is 94.8 Å². The maximum atomic E-state index is 6.43. The molecule has 11 nitrogen and oxygen atoms in total. The Bertz CT molecular complexity index is 11100. The van der Waals surface area contributed by atoms with Crippen molar-refractivity contribution in [2.75, 3.05) is 0 Å². The summed E-state index contributed by atoms with van der Waals surface area (Å²) >= 11 is 1.68. The first kappa shape index (κ1) is 86.1. The molecule has 706 valence electrons. The van der Waals surface area contributed by atoms with Crippen LogP contribution in [0.25, 0.3) is 291 Å². The van der Waals surface area contributed by atoms with Crippen molar-refractivity contribution >= 4 is 207 Å². The summed E-state index contributed by atoms with van der Waals surface area (Å²) in [5.41, 5.74) is 46.0. The molecule has 0 N–H and O–H groups in total. The highest BCUT2D eigenvalue weighted by Gasteiger charge is 2.25. The van der Waals surface area contributed by atoms with Gasteiger partial charge < -0.3 is 40.7 Å². The van der Waals surface area contributed by atoms with Gasteiger partial charge in [-0.05, 0) is 324 Å². The molecule has 0 saturated heterocycles. The average molecular weight is 1940 g/mol. The molecule has 0 amide bonds. The zero-order valence-electron chi connectivity index (χ0n) is 82.2. The lowest BCUT2D eigenvalue weighted by Gasteiger charge is -2.09. The summed E-state index contributed by atoms with van der Waals surface area (Å²) < 4.78 is 34.5. The first-order valence-corrected chi connectivity index (χ1v) is 51.9. The van der Waals surface area contributed by atoms with Gasteiger partial charge in [0.25, 0.3) is 0 Å². The van der Waals surface area contributed by atoms with E-state index >= 15 is 0 Å². The highest BCUT2D eigenvalue weighted by atomic mass is 32.1. The van der Waals surface area contributed by atoms with Crippen LogP contribution in [0.5, 0.6) is 0 Å². The van der Waals surface area contributed by atoms with Gasteiger partial charge in [-0.25, -0.2) is 9.97 Å². The van der Waals surface area contributed by atoms with Gasteiger partial charge in [-0.1, -0.05) is 241 Å². The molecule has 12 heteroatoms. The lowest BCUT2D eigenvalue weighted by Crippen LogP contribution is -1.94. The summed E-state index contributed by atoms with van der Waals surface area (Å²) in [4.78, 5) is 9.18. The van der Waals surface area contributed by atoms with E-state index in [0.717, 1.165) is 122 Å². The summed E-state index contributed by atoms with van der Waals surface area (Å²) in [5.74, 6) is 0. The number of benzene rings is 22. The smallest absolute Gasteiger partial charge is 0.135 e. The van der Waals surface area contributed by atoms with E-state index in [9.17, 15) is 0 Å². The number of hydrogen-bond acceptors (Lipinski definition) is 6. The zero-order chi connectivity index (χ0) is 99.2. The van der Waals surface area contributed by atoms with Gasteiger partial charge in [0.15, 0.2) is 0 Å². The van der Waals surface area contributed by atoms with Crippen LogP contribution in [0.2, 0.25) is 0 Å². The summed E-state index contributed by atoms with van der Waals surface area (Å²) in [6, 6.07) is 167. The Morgan fingerprint density at radius 3 is 0.800 bits per heavy atom. The number of para-hydroxylation sites is 4. The zero-order valence-corrected chi connectivity index (χ0v) is 83.1. The molecule has 22 aromatic carbocycles. The second-order valence-corrected chi connectivity index (χ2v) is 40.8. The van der Waals surface area contributed by atoms with E-state index < -0.39 is 0 Å². The van der Waals surface area contributed by atoms with Crippen LogP contribution in [0.15, 0.2) is 486 Å². The third-order valence-electron chi connectivity index (χ3n) is 30.9. The normalized spacial score (nSPS) is 12.0. The molecule has 0 aliphatic rings. The molecule has 32 rings (SSSR count). The Hall–Kier alpha value is -19.4. The van der Waals surface area contributed by atoms with Crippen LogP contribution >= 0.6 is 11.3 Å². The van der Waals surface area contributed by atoms with Crippen LogP contribution in [0.3, 0.4) is 0 Å². The number of aromatic nitrogens is 8. The predicted molar refractivity (Wildman–Crippen MR) is 627 cm³/mol. The fourth-order valence-electron chi connectivity index (χ4n) is 23.7. The summed E-state index contributed by atoms with van der Waals surface area (Å²) in [7, 11) is 2.03. The predicted octanol–water partition coefficient (Wildman–Crippen LogP) is 37.7. The standard InChI is InChI=1S/C49H33NO.C45H30N4O.C44H27N3OS/c1-32-18-22-46-42(26-32)43-29-39(34-12-6-3-7-13-34)19-23-47(43)50(46)41-21-25-49-45(31-41)44-30-40(20-24-48(44)51-49)38-17-9-16-37(28-38)36-15-8-14-35(27-36)33-10-4-2-5-11-33;1-27-11-16-41-34(21-27)35-22-28(29-13-18-43-38(23-29)46-26-47(43)2)12-17-42(35)49(41)31-15-20-45-37(25-31)36-24-30(14-19-44(36)50-45)48-39-9-5-3-7-32(39)33-8-4-6-10-40(33)48;1-26-10-15-40-33(20-26)34-21-27(28-12-19-44-37(22-28)45-25-49-44)11-16-41(34)47(40)30-14-18-43-36(24-30)35-23-29(13-17-42(35)48-43)46-38-8-4-2-6-31(38)32-7-3-5-9-39(32)46/h2-31H,1H3;3-26H,1-2H3;2-25H,1H3. The quantitative estimate of drug-likeness (QED) is 0.129. The second-order valence-electron chi connectivity index (χ2n) is 39.9. The van der Waals surface area contributed by atoms with Crippen LogP contribution in [0.1, 0.15) is 16.7 Å². The molecule has 0 aliphatic heterocycles. The van der Waals surface area contributed by atoms with Gasteiger partial charge in [-0.15, -0.1) is 11.3 Å². The highest BCUT2D eigenvalue weighted by molar-refractivity contribution is 7.16. The van der Waals surface area contributed by atoms with Crippen LogP contribution in [-0.4, -0.2) is 37.4 Å². The van der Waals surface area contributed by atoms with E-state index in [1.165, 1.54) is 186 Å². The molecule has 10 aromatic heterocycles. The van der Waals surface area contributed by atoms with Crippen LogP contribution in [-0.2, 0) is 7.05 Å². The van der Waals surface area contributed by atoms with E-state index in [1.54, 1.807) is 11.3 Å². The number of imidazole rings is 1. The van der Waals surface area contributed by atoms with Crippen molar-refractivity contribution in [1.29, 1.82) is 0 Å². The molecule has 150 heavy (non-hydrogen) atoms. The van der Waals surface area contributed by atoms with Gasteiger partial charge in [-0.3, -0.25) is 0 Å². The van der Waals surface area contributed by atoms with E-state index in [1.807, 2.05) is 18.9 Å². The van der Waals surface area contributed by atoms with Crippen molar-refractivity contribution in [3.63, 3.8) is 0 Å². The number of nitrogens with zero attached hydrogens (tertiary/aromatic N) is 8.